The summed E-state index contributed by atoms with van der Waals surface area (Å²) in [4.78, 5) is 25.1. The van der Waals surface area contributed by atoms with Gasteiger partial charge >= 0.3 is 0 Å². The number of aryl methyl sites for hydroxylation is 3. The summed E-state index contributed by atoms with van der Waals surface area (Å²) in [5, 5.41) is 16.8. The molecule has 9 nitrogen and oxygen atoms in total. The fourth-order valence-electron chi connectivity index (χ4n) is 2.11. The number of nitrogens with one attached hydrogen (secondary N) is 2. The first-order valence-corrected chi connectivity index (χ1v) is 9.67. The Morgan fingerprint density at radius 3 is 2.73 bits per heavy atom. The molecule has 3 aromatic rings. The van der Waals surface area contributed by atoms with E-state index in [4.69, 9.17) is 0 Å². The molecule has 26 heavy (non-hydrogen) atoms. The SMILES string of the molecule is Cc1cc(C)nc(Nc2nc(C(=O)NCCSc3nncn3C)cs2)n1. The lowest BCUT2D eigenvalue weighted by Crippen LogP contribution is -2.26. The number of carbonyl (C=O) groups excluding carboxylic acids is 1. The van der Waals surface area contributed by atoms with Crippen molar-refractivity contribution in [2.75, 3.05) is 17.6 Å². The lowest BCUT2D eigenvalue weighted by molar-refractivity contribution is 0.0952. The molecule has 1 amide bonds. The molecule has 0 aromatic carbocycles. The highest BCUT2D eigenvalue weighted by atomic mass is 32.2. The number of thioether (sulfide) groups is 1. The van der Waals surface area contributed by atoms with Crippen LogP contribution in [-0.2, 0) is 7.05 Å². The Hall–Kier alpha value is -2.53. The smallest absolute Gasteiger partial charge is 0.270 e. The minimum Gasteiger partial charge on any atom is -0.350 e. The third-order valence-corrected chi connectivity index (χ3v) is 5.02. The Bertz CT molecular complexity index is 886. The van der Waals surface area contributed by atoms with E-state index in [1.807, 2.05) is 31.5 Å². The average molecular weight is 390 g/mol. The van der Waals surface area contributed by atoms with Crippen molar-refractivity contribution in [1.82, 2.24) is 35.0 Å². The summed E-state index contributed by atoms with van der Waals surface area (Å²) in [6, 6.07) is 1.89. The van der Waals surface area contributed by atoms with Gasteiger partial charge in [0.2, 0.25) is 5.95 Å². The van der Waals surface area contributed by atoms with E-state index in [9.17, 15) is 4.79 Å². The zero-order chi connectivity index (χ0) is 18.5. The number of aromatic nitrogens is 6. The summed E-state index contributed by atoms with van der Waals surface area (Å²) >= 11 is 2.86. The van der Waals surface area contributed by atoms with Gasteiger partial charge in [-0.25, -0.2) is 15.0 Å². The van der Waals surface area contributed by atoms with Crippen molar-refractivity contribution >= 4 is 40.1 Å². The highest BCUT2D eigenvalue weighted by Crippen LogP contribution is 2.19. The van der Waals surface area contributed by atoms with Crippen LogP contribution in [0.4, 0.5) is 11.1 Å². The van der Waals surface area contributed by atoms with Crippen LogP contribution in [-0.4, -0.2) is 47.9 Å². The van der Waals surface area contributed by atoms with Crippen LogP contribution >= 0.6 is 23.1 Å². The monoisotopic (exact) mass is 390 g/mol. The number of rotatable bonds is 7. The number of hydrogen-bond donors (Lipinski definition) is 2. The lowest BCUT2D eigenvalue weighted by atomic mass is 10.4. The van der Waals surface area contributed by atoms with E-state index in [1.54, 1.807) is 11.7 Å². The maximum Gasteiger partial charge on any atom is 0.270 e. The van der Waals surface area contributed by atoms with Gasteiger partial charge in [0, 0.05) is 36.1 Å². The number of anilines is 2. The van der Waals surface area contributed by atoms with Gasteiger partial charge in [-0.3, -0.25) is 4.79 Å². The number of amides is 1. The van der Waals surface area contributed by atoms with Crippen LogP contribution in [0.15, 0.2) is 22.9 Å². The minimum atomic E-state index is -0.214. The summed E-state index contributed by atoms with van der Waals surface area (Å²) in [6.07, 6.45) is 1.64. The van der Waals surface area contributed by atoms with E-state index in [2.05, 4.69) is 35.8 Å². The van der Waals surface area contributed by atoms with E-state index >= 15 is 0 Å². The molecule has 3 rings (SSSR count). The molecule has 0 atom stereocenters. The molecule has 0 bridgehead atoms. The minimum absolute atomic E-state index is 0.214. The maximum absolute atomic E-state index is 12.2. The van der Waals surface area contributed by atoms with Gasteiger partial charge in [0.1, 0.15) is 12.0 Å². The molecule has 0 fully saturated rings. The molecular weight excluding hydrogens is 372 g/mol. The number of thiazole rings is 1. The Labute approximate surface area is 158 Å². The fraction of sp³-hybridized carbons (Fsp3) is 0.333. The van der Waals surface area contributed by atoms with Crippen molar-refractivity contribution in [2.45, 2.75) is 19.0 Å². The van der Waals surface area contributed by atoms with Crippen LogP contribution in [0, 0.1) is 13.8 Å². The molecule has 11 heteroatoms. The first kappa shape index (κ1) is 18.3. The molecule has 0 aliphatic rings. The molecule has 0 aliphatic heterocycles. The van der Waals surface area contributed by atoms with E-state index in [-0.39, 0.29) is 5.91 Å². The third-order valence-electron chi connectivity index (χ3n) is 3.23. The Balaban J connectivity index is 1.50. The van der Waals surface area contributed by atoms with E-state index in [0.717, 1.165) is 16.5 Å². The second-order valence-corrected chi connectivity index (χ2v) is 7.39. The second-order valence-electron chi connectivity index (χ2n) is 5.47. The quantitative estimate of drug-likeness (QED) is 0.465. The van der Waals surface area contributed by atoms with Crippen molar-refractivity contribution in [2.24, 2.45) is 7.05 Å². The van der Waals surface area contributed by atoms with Gasteiger partial charge < -0.3 is 15.2 Å². The summed E-state index contributed by atoms with van der Waals surface area (Å²) in [6.45, 7) is 4.32. The van der Waals surface area contributed by atoms with Gasteiger partial charge in [-0.15, -0.1) is 21.5 Å². The second kappa shape index (κ2) is 8.23. The van der Waals surface area contributed by atoms with Gasteiger partial charge in [0.05, 0.1) is 0 Å². The highest BCUT2D eigenvalue weighted by Gasteiger charge is 2.12. The zero-order valence-electron chi connectivity index (χ0n) is 14.6. The predicted molar refractivity (Wildman–Crippen MR) is 101 cm³/mol. The summed E-state index contributed by atoms with van der Waals surface area (Å²) < 4.78 is 1.83. The normalized spacial score (nSPS) is 10.7. The molecule has 0 radical (unpaired) electrons. The molecule has 0 saturated heterocycles. The van der Waals surface area contributed by atoms with Gasteiger partial charge in [0.15, 0.2) is 10.3 Å². The molecule has 2 N–H and O–H groups in total. The van der Waals surface area contributed by atoms with Crippen LogP contribution in [0.3, 0.4) is 0 Å². The van der Waals surface area contributed by atoms with Gasteiger partial charge in [-0.2, -0.15) is 0 Å². The summed E-state index contributed by atoms with van der Waals surface area (Å²) in [5.74, 6) is 0.960. The van der Waals surface area contributed by atoms with Crippen LogP contribution in [0.5, 0.6) is 0 Å². The lowest BCUT2D eigenvalue weighted by Gasteiger charge is -2.04. The number of hydrogen-bond acceptors (Lipinski definition) is 9. The van der Waals surface area contributed by atoms with Crippen molar-refractivity contribution in [3.8, 4) is 0 Å². The third kappa shape index (κ3) is 4.76. The molecule has 0 aliphatic carbocycles. The number of carbonyl (C=O) groups is 1. The van der Waals surface area contributed by atoms with Crippen molar-refractivity contribution in [1.29, 1.82) is 0 Å². The summed E-state index contributed by atoms with van der Waals surface area (Å²) in [7, 11) is 1.88. The van der Waals surface area contributed by atoms with Crippen LogP contribution in [0.25, 0.3) is 0 Å². The van der Waals surface area contributed by atoms with Crippen LogP contribution in [0.1, 0.15) is 21.9 Å². The molecule has 3 heterocycles. The van der Waals surface area contributed by atoms with Crippen molar-refractivity contribution < 1.29 is 4.79 Å². The van der Waals surface area contributed by atoms with Crippen LogP contribution in [0.2, 0.25) is 0 Å². The Kier molecular flexibility index (Phi) is 5.78. The van der Waals surface area contributed by atoms with Crippen molar-refractivity contribution in [3.63, 3.8) is 0 Å². The Morgan fingerprint density at radius 1 is 1.27 bits per heavy atom. The average Bonchev–Trinajstić information content (AvgIpc) is 3.20. The molecule has 0 unspecified atom stereocenters. The topological polar surface area (TPSA) is 111 Å². The highest BCUT2D eigenvalue weighted by molar-refractivity contribution is 7.99. The largest absolute Gasteiger partial charge is 0.350 e. The van der Waals surface area contributed by atoms with Crippen molar-refractivity contribution in [3.05, 3.63) is 34.9 Å². The number of nitrogens with zero attached hydrogens (tertiary/aromatic N) is 6. The molecule has 136 valence electrons. The first-order valence-electron chi connectivity index (χ1n) is 7.81. The standard InChI is InChI=1S/C15H18N8OS2/c1-9-6-10(2)19-13(18-9)21-14-20-11(7-26-14)12(24)16-4-5-25-15-22-17-8-23(15)3/h6-8H,4-5H2,1-3H3,(H,16,24)(H,18,19,20,21). The van der Waals surface area contributed by atoms with E-state index < -0.39 is 0 Å². The Morgan fingerprint density at radius 2 is 2.04 bits per heavy atom. The molecule has 0 saturated carbocycles. The molecule has 3 aromatic heterocycles. The van der Waals surface area contributed by atoms with Gasteiger partial charge in [-0.05, 0) is 19.9 Å². The van der Waals surface area contributed by atoms with E-state index in [1.165, 1.54) is 23.1 Å². The summed E-state index contributed by atoms with van der Waals surface area (Å²) in [5.41, 5.74) is 2.11. The molecular formula is C15H18N8OS2. The first-order chi connectivity index (χ1) is 12.5. The zero-order valence-corrected chi connectivity index (χ0v) is 16.2. The van der Waals surface area contributed by atoms with E-state index in [0.29, 0.717) is 29.1 Å². The predicted octanol–water partition coefficient (Wildman–Crippen LogP) is 1.94. The van der Waals surface area contributed by atoms with Gasteiger partial charge in [0.25, 0.3) is 5.91 Å². The van der Waals surface area contributed by atoms with Gasteiger partial charge in [-0.1, -0.05) is 11.8 Å². The van der Waals surface area contributed by atoms with Crippen LogP contribution < -0.4 is 10.6 Å². The fourth-order valence-corrected chi connectivity index (χ4v) is 3.54. The maximum atomic E-state index is 12.2. The molecule has 0 spiro atoms.